The number of β-amino-alcohol motifs (C(OH)–C–C–N with tert-alkyl or cyclic N) is 1. The van der Waals surface area contributed by atoms with Crippen LogP contribution in [0.4, 0.5) is 5.69 Å². The summed E-state index contributed by atoms with van der Waals surface area (Å²) in [4.78, 5) is 17.4. The number of aliphatic hydroxyl groups is 1. The monoisotopic (exact) mass is 553 g/mol. The Morgan fingerprint density at radius 1 is 1.05 bits per heavy atom. The number of carbonyl (C=O) groups is 1. The second-order valence-corrected chi connectivity index (χ2v) is 11.3. The van der Waals surface area contributed by atoms with Crippen LogP contribution in [-0.4, -0.2) is 76.2 Å². The number of likely N-dealkylation sites (N-methyl/N-ethyl adjacent to an activating group) is 1. The number of benzene rings is 3. The smallest absolute Gasteiger partial charge is 0.262 e. The molecule has 3 aromatic rings. The van der Waals surface area contributed by atoms with Crippen molar-refractivity contribution in [1.82, 2.24) is 9.80 Å². The topological polar surface area (TPSA) is 108 Å². The van der Waals surface area contributed by atoms with Crippen LogP contribution in [0.15, 0.2) is 77.7 Å². The second kappa shape index (κ2) is 12.5. The molecule has 0 radical (unpaired) electrons. The van der Waals surface area contributed by atoms with Crippen molar-refractivity contribution in [2.24, 2.45) is 0 Å². The molecule has 0 aromatic heterocycles. The minimum Gasteiger partial charge on any atom is -0.493 e. The molecule has 1 amide bonds. The van der Waals surface area contributed by atoms with E-state index in [0.717, 1.165) is 12.1 Å². The number of nitrogens with zero attached hydrogens (tertiary/aromatic N) is 2. The molecule has 0 bridgehead atoms. The van der Waals surface area contributed by atoms with Crippen LogP contribution in [0.1, 0.15) is 23.6 Å². The predicted octanol–water partition coefficient (Wildman–Crippen LogP) is 3.31. The molecular weight excluding hydrogens is 518 g/mol. The summed E-state index contributed by atoms with van der Waals surface area (Å²) >= 11 is 0. The Morgan fingerprint density at radius 2 is 1.74 bits per heavy atom. The van der Waals surface area contributed by atoms with E-state index in [9.17, 15) is 18.3 Å². The number of rotatable bonds is 11. The van der Waals surface area contributed by atoms with E-state index in [1.807, 2.05) is 30.3 Å². The SMILES string of the molecule is COc1ccc(S(=O)(=O)Nc2ccccc2CC(=O)N(C)[C@H](CN2CC[C@H](O)C2)c2ccccc2)cc1OC. The summed E-state index contributed by atoms with van der Waals surface area (Å²) in [5, 5.41) is 10.00. The van der Waals surface area contributed by atoms with Crippen LogP contribution >= 0.6 is 0 Å². The molecule has 1 aliphatic heterocycles. The van der Waals surface area contributed by atoms with E-state index < -0.39 is 10.0 Å². The molecule has 2 atom stereocenters. The molecule has 0 saturated carbocycles. The van der Waals surface area contributed by atoms with Crippen molar-refractivity contribution in [1.29, 1.82) is 0 Å². The largest absolute Gasteiger partial charge is 0.493 e. The van der Waals surface area contributed by atoms with Crippen molar-refractivity contribution in [2.45, 2.75) is 29.9 Å². The Bertz CT molecular complexity index is 1380. The average molecular weight is 554 g/mol. The number of hydrogen-bond donors (Lipinski definition) is 2. The van der Waals surface area contributed by atoms with Gasteiger partial charge in [-0.1, -0.05) is 48.5 Å². The van der Waals surface area contributed by atoms with E-state index in [0.29, 0.717) is 42.3 Å². The fourth-order valence-corrected chi connectivity index (χ4v) is 5.89. The van der Waals surface area contributed by atoms with E-state index in [2.05, 4.69) is 9.62 Å². The summed E-state index contributed by atoms with van der Waals surface area (Å²) in [6.07, 6.45) is 0.368. The zero-order valence-electron chi connectivity index (χ0n) is 22.4. The van der Waals surface area contributed by atoms with Crippen molar-refractivity contribution in [2.75, 3.05) is 45.6 Å². The minimum atomic E-state index is -3.97. The normalized spacial score (nSPS) is 16.5. The van der Waals surface area contributed by atoms with Gasteiger partial charge in [0.15, 0.2) is 11.5 Å². The first kappa shape index (κ1) is 28.4. The van der Waals surface area contributed by atoms with E-state index in [1.54, 1.807) is 36.2 Å². The van der Waals surface area contributed by atoms with Gasteiger partial charge in [-0.15, -0.1) is 0 Å². The lowest BCUT2D eigenvalue weighted by molar-refractivity contribution is -0.131. The maximum Gasteiger partial charge on any atom is 0.262 e. The molecule has 1 saturated heterocycles. The lowest BCUT2D eigenvalue weighted by Crippen LogP contribution is -2.39. The van der Waals surface area contributed by atoms with Gasteiger partial charge >= 0.3 is 0 Å². The van der Waals surface area contributed by atoms with Gasteiger partial charge in [0.1, 0.15) is 0 Å². The van der Waals surface area contributed by atoms with Crippen molar-refractivity contribution in [3.8, 4) is 11.5 Å². The number of likely N-dealkylation sites (tertiary alicyclic amines) is 1. The Kier molecular flexibility index (Phi) is 9.11. The predicted molar refractivity (Wildman–Crippen MR) is 150 cm³/mol. The molecule has 3 aromatic carbocycles. The van der Waals surface area contributed by atoms with Crippen molar-refractivity contribution in [3.05, 3.63) is 83.9 Å². The number of aliphatic hydroxyl groups excluding tert-OH is 1. The van der Waals surface area contributed by atoms with Gasteiger partial charge in [0.25, 0.3) is 10.0 Å². The van der Waals surface area contributed by atoms with Crippen LogP contribution < -0.4 is 14.2 Å². The third-order valence-corrected chi connectivity index (χ3v) is 8.36. The van der Waals surface area contributed by atoms with Crippen molar-refractivity contribution in [3.63, 3.8) is 0 Å². The maximum absolute atomic E-state index is 13.6. The van der Waals surface area contributed by atoms with E-state index >= 15 is 0 Å². The van der Waals surface area contributed by atoms with Crippen LogP contribution in [0, 0.1) is 0 Å². The number of methoxy groups -OCH3 is 2. The number of ether oxygens (including phenoxy) is 2. The molecule has 10 heteroatoms. The van der Waals surface area contributed by atoms with E-state index in [1.165, 1.54) is 32.4 Å². The van der Waals surface area contributed by atoms with Crippen molar-refractivity contribution < 1.29 is 27.8 Å². The van der Waals surface area contributed by atoms with Crippen LogP contribution in [0.25, 0.3) is 0 Å². The fraction of sp³-hybridized carbons (Fsp3) is 0.345. The zero-order chi connectivity index (χ0) is 28.0. The third kappa shape index (κ3) is 6.89. The standard InChI is InChI=1S/C29H35N3O6S/c1-31(26(21-9-5-4-6-10-21)20-32-16-15-23(33)19-32)29(34)17-22-11-7-8-12-25(22)30-39(35,36)24-13-14-27(37-2)28(18-24)38-3/h4-14,18,23,26,30,33H,15-17,19-20H2,1-3H3/t23-,26+/m0/s1. The second-order valence-electron chi connectivity index (χ2n) is 9.59. The van der Waals surface area contributed by atoms with Gasteiger partial charge in [-0.2, -0.15) is 0 Å². The number of anilines is 1. The van der Waals surface area contributed by atoms with Crippen LogP contribution in [0.2, 0.25) is 0 Å². The molecule has 0 aliphatic carbocycles. The van der Waals surface area contributed by atoms with Crippen molar-refractivity contribution >= 4 is 21.6 Å². The highest BCUT2D eigenvalue weighted by molar-refractivity contribution is 7.92. The third-order valence-electron chi connectivity index (χ3n) is 6.99. The molecule has 1 fully saturated rings. The summed E-state index contributed by atoms with van der Waals surface area (Å²) in [6, 6.07) is 20.8. The molecule has 1 aliphatic rings. The average Bonchev–Trinajstić information content (AvgIpc) is 3.36. The number of carbonyl (C=O) groups excluding carboxylic acids is 1. The van der Waals surface area contributed by atoms with Gasteiger partial charge in [0, 0.05) is 32.7 Å². The van der Waals surface area contributed by atoms with Crippen LogP contribution in [0.5, 0.6) is 11.5 Å². The highest BCUT2D eigenvalue weighted by Gasteiger charge is 2.28. The molecule has 1 heterocycles. The Morgan fingerprint density at radius 3 is 2.41 bits per heavy atom. The van der Waals surface area contributed by atoms with Gasteiger partial charge in [0.05, 0.1) is 43.4 Å². The summed E-state index contributed by atoms with van der Waals surface area (Å²) in [6.45, 7) is 1.94. The quantitative estimate of drug-likeness (QED) is 0.375. The highest BCUT2D eigenvalue weighted by atomic mass is 32.2. The van der Waals surface area contributed by atoms with Crippen LogP contribution in [0.3, 0.4) is 0 Å². The number of sulfonamides is 1. The van der Waals surface area contributed by atoms with E-state index in [4.69, 9.17) is 9.47 Å². The molecule has 0 spiro atoms. The minimum absolute atomic E-state index is 0.00703. The molecule has 2 N–H and O–H groups in total. The maximum atomic E-state index is 13.6. The first-order chi connectivity index (χ1) is 18.7. The van der Waals surface area contributed by atoms with Gasteiger partial charge in [-0.05, 0) is 35.7 Å². The first-order valence-electron chi connectivity index (χ1n) is 12.8. The molecule has 9 nitrogen and oxygen atoms in total. The number of nitrogens with one attached hydrogen (secondary N) is 1. The summed E-state index contributed by atoms with van der Waals surface area (Å²) < 4.78 is 39.5. The Hall–Kier alpha value is -3.60. The molecule has 0 unspecified atom stereocenters. The molecule has 208 valence electrons. The van der Waals surface area contributed by atoms with Gasteiger partial charge in [-0.25, -0.2) is 8.42 Å². The molecule has 39 heavy (non-hydrogen) atoms. The van der Waals surface area contributed by atoms with Crippen LogP contribution in [-0.2, 0) is 21.2 Å². The highest BCUT2D eigenvalue weighted by Crippen LogP contribution is 2.31. The molecular formula is C29H35N3O6S. The zero-order valence-corrected chi connectivity index (χ0v) is 23.2. The number of hydrogen-bond acceptors (Lipinski definition) is 7. The summed E-state index contributed by atoms with van der Waals surface area (Å²) in [7, 11) is 0.712. The first-order valence-corrected chi connectivity index (χ1v) is 14.2. The fourth-order valence-electron chi connectivity index (χ4n) is 4.77. The van der Waals surface area contributed by atoms with Gasteiger partial charge < -0.3 is 19.5 Å². The van der Waals surface area contributed by atoms with Gasteiger partial charge in [0.2, 0.25) is 5.91 Å². The number of para-hydroxylation sites is 1. The number of amides is 1. The Balaban J connectivity index is 1.54. The summed E-state index contributed by atoms with van der Waals surface area (Å²) in [5.74, 6) is 0.561. The van der Waals surface area contributed by atoms with Gasteiger partial charge in [-0.3, -0.25) is 14.4 Å². The summed E-state index contributed by atoms with van der Waals surface area (Å²) in [5.41, 5.74) is 1.88. The Labute approximate surface area is 230 Å². The lowest BCUT2D eigenvalue weighted by Gasteiger charge is -2.32. The lowest BCUT2D eigenvalue weighted by atomic mass is 10.0. The van der Waals surface area contributed by atoms with E-state index in [-0.39, 0.29) is 29.4 Å². The molecule has 4 rings (SSSR count).